The Hall–Kier alpha value is -1.13. The van der Waals surface area contributed by atoms with Gasteiger partial charge in [-0.3, -0.25) is 4.79 Å². The monoisotopic (exact) mass is 262 g/mol. The molecule has 17 heavy (non-hydrogen) atoms. The van der Waals surface area contributed by atoms with Crippen LogP contribution in [0, 0.1) is 11.3 Å². The molecule has 1 atom stereocenters. The number of hydrogen-bond donors (Lipinski definition) is 2. The number of carboxylic acid groups (broad SMARTS) is 1. The van der Waals surface area contributed by atoms with Gasteiger partial charge in [0.25, 0.3) is 0 Å². The Morgan fingerprint density at radius 2 is 2.12 bits per heavy atom. The van der Waals surface area contributed by atoms with Gasteiger partial charge in [0.2, 0.25) is 10.0 Å². The van der Waals surface area contributed by atoms with Crippen molar-refractivity contribution in [3.05, 3.63) is 0 Å². The number of nitriles is 1. The molecule has 0 aliphatic carbocycles. The van der Waals surface area contributed by atoms with Crippen LogP contribution in [0.3, 0.4) is 0 Å². The maximum atomic E-state index is 11.5. The molecule has 0 spiro atoms. The molecule has 0 saturated carbocycles. The van der Waals surface area contributed by atoms with E-state index in [0.29, 0.717) is 6.42 Å². The van der Waals surface area contributed by atoms with Gasteiger partial charge in [-0.1, -0.05) is 19.8 Å². The van der Waals surface area contributed by atoms with Crippen molar-refractivity contribution in [2.24, 2.45) is 0 Å². The predicted octanol–water partition coefficient (Wildman–Crippen LogP) is 0.853. The van der Waals surface area contributed by atoms with Crippen LogP contribution in [0.5, 0.6) is 0 Å². The Labute approximate surface area is 102 Å². The summed E-state index contributed by atoms with van der Waals surface area (Å²) < 4.78 is 25.1. The summed E-state index contributed by atoms with van der Waals surface area (Å²) in [5.41, 5.74) is 0. The van der Waals surface area contributed by atoms with E-state index in [1.807, 2.05) is 13.0 Å². The van der Waals surface area contributed by atoms with Crippen molar-refractivity contribution in [2.75, 3.05) is 5.75 Å². The van der Waals surface area contributed by atoms with Crippen molar-refractivity contribution in [3.63, 3.8) is 0 Å². The molecule has 0 aromatic rings. The van der Waals surface area contributed by atoms with E-state index in [-0.39, 0.29) is 25.0 Å². The Balaban J connectivity index is 4.32. The number of rotatable bonds is 9. The molecule has 0 heterocycles. The van der Waals surface area contributed by atoms with Crippen LogP contribution in [0.2, 0.25) is 0 Å². The highest BCUT2D eigenvalue weighted by Gasteiger charge is 2.22. The summed E-state index contributed by atoms with van der Waals surface area (Å²) in [5.74, 6) is -1.38. The summed E-state index contributed by atoms with van der Waals surface area (Å²) in [6.45, 7) is 1.90. The first-order valence-corrected chi connectivity index (χ1v) is 7.18. The van der Waals surface area contributed by atoms with Crippen LogP contribution >= 0.6 is 0 Å². The molecule has 0 amide bonds. The van der Waals surface area contributed by atoms with Gasteiger partial charge in [0.15, 0.2) is 0 Å². The number of nitrogens with one attached hydrogen (secondary N) is 1. The molecule has 0 aromatic carbocycles. The number of unbranched alkanes of at least 4 members (excludes halogenated alkanes) is 2. The van der Waals surface area contributed by atoms with Crippen LogP contribution in [0.25, 0.3) is 0 Å². The number of aliphatic carboxylic acids is 1. The van der Waals surface area contributed by atoms with Crippen LogP contribution in [0.1, 0.15) is 39.0 Å². The van der Waals surface area contributed by atoms with E-state index in [1.54, 1.807) is 0 Å². The second-order valence-corrected chi connectivity index (χ2v) is 5.60. The van der Waals surface area contributed by atoms with Crippen molar-refractivity contribution >= 4 is 16.0 Å². The van der Waals surface area contributed by atoms with Crippen LogP contribution < -0.4 is 4.72 Å². The van der Waals surface area contributed by atoms with Gasteiger partial charge in [-0.15, -0.1) is 0 Å². The van der Waals surface area contributed by atoms with Gasteiger partial charge in [-0.05, 0) is 12.8 Å². The van der Waals surface area contributed by atoms with Gasteiger partial charge in [-0.25, -0.2) is 13.1 Å². The standard InChI is InChI=1S/C10H18N2O4S/c1-2-3-6-9(10(13)14)12-17(15,16)8-5-4-7-11/h9,12H,2-6,8H2,1H3,(H,13,14)/t9-/m0/s1. The molecule has 0 aliphatic rings. The van der Waals surface area contributed by atoms with E-state index < -0.39 is 22.0 Å². The first-order valence-electron chi connectivity index (χ1n) is 5.52. The average Bonchev–Trinajstić information content (AvgIpc) is 2.24. The van der Waals surface area contributed by atoms with Gasteiger partial charge < -0.3 is 5.11 Å². The van der Waals surface area contributed by atoms with E-state index in [0.717, 1.165) is 6.42 Å². The van der Waals surface area contributed by atoms with Crippen molar-refractivity contribution in [3.8, 4) is 6.07 Å². The Morgan fingerprint density at radius 1 is 1.47 bits per heavy atom. The first kappa shape index (κ1) is 15.9. The zero-order valence-corrected chi connectivity index (χ0v) is 10.7. The molecule has 0 aliphatic heterocycles. The maximum Gasteiger partial charge on any atom is 0.321 e. The van der Waals surface area contributed by atoms with E-state index in [9.17, 15) is 13.2 Å². The summed E-state index contributed by atoms with van der Waals surface area (Å²) >= 11 is 0. The molecule has 0 unspecified atom stereocenters. The predicted molar refractivity (Wildman–Crippen MR) is 62.7 cm³/mol. The second-order valence-electron chi connectivity index (χ2n) is 3.73. The summed E-state index contributed by atoms with van der Waals surface area (Å²) in [4.78, 5) is 10.8. The quantitative estimate of drug-likeness (QED) is 0.599. The number of carboxylic acids is 1. The SMILES string of the molecule is CCCC[C@H](NS(=O)(=O)CCCC#N)C(=O)O. The molecule has 7 heteroatoms. The normalized spacial score (nSPS) is 12.9. The number of nitrogens with zero attached hydrogens (tertiary/aromatic N) is 1. The minimum Gasteiger partial charge on any atom is -0.480 e. The lowest BCUT2D eigenvalue weighted by Gasteiger charge is -2.13. The van der Waals surface area contributed by atoms with Crippen molar-refractivity contribution in [1.29, 1.82) is 5.26 Å². The molecule has 98 valence electrons. The number of hydrogen-bond acceptors (Lipinski definition) is 4. The molecule has 0 fully saturated rings. The minimum atomic E-state index is -3.61. The van der Waals surface area contributed by atoms with E-state index in [2.05, 4.69) is 4.72 Å². The lowest BCUT2D eigenvalue weighted by atomic mass is 10.1. The van der Waals surface area contributed by atoms with Gasteiger partial charge in [0.1, 0.15) is 6.04 Å². The lowest BCUT2D eigenvalue weighted by molar-refractivity contribution is -0.139. The fourth-order valence-electron chi connectivity index (χ4n) is 1.26. The Bertz CT molecular complexity index is 372. The molecule has 6 nitrogen and oxygen atoms in total. The lowest BCUT2D eigenvalue weighted by Crippen LogP contribution is -2.41. The largest absolute Gasteiger partial charge is 0.480 e. The highest BCUT2D eigenvalue weighted by atomic mass is 32.2. The molecule has 0 bridgehead atoms. The second kappa shape index (κ2) is 8.03. The molecule has 0 radical (unpaired) electrons. The zero-order chi connectivity index (χ0) is 13.3. The smallest absolute Gasteiger partial charge is 0.321 e. The Kier molecular flexibility index (Phi) is 7.50. The van der Waals surface area contributed by atoms with Gasteiger partial charge >= 0.3 is 5.97 Å². The van der Waals surface area contributed by atoms with Gasteiger partial charge in [0.05, 0.1) is 11.8 Å². The number of sulfonamides is 1. The molecule has 0 rings (SSSR count). The van der Waals surface area contributed by atoms with Gasteiger partial charge in [0, 0.05) is 6.42 Å². The minimum absolute atomic E-state index is 0.146. The van der Waals surface area contributed by atoms with Crippen molar-refractivity contribution < 1.29 is 18.3 Å². The van der Waals surface area contributed by atoms with E-state index >= 15 is 0 Å². The molecule has 2 N–H and O–H groups in total. The summed E-state index contributed by atoms with van der Waals surface area (Å²) in [5, 5.41) is 17.1. The molecular weight excluding hydrogens is 244 g/mol. The maximum absolute atomic E-state index is 11.5. The average molecular weight is 262 g/mol. The Morgan fingerprint density at radius 3 is 2.59 bits per heavy atom. The summed E-state index contributed by atoms with van der Waals surface area (Å²) in [6.07, 6.45) is 2.10. The van der Waals surface area contributed by atoms with Crippen LogP contribution in [-0.2, 0) is 14.8 Å². The zero-order valence-electron chi connectivity index (χ0n) is 9.85. The van der Waals surface area contributed by atoms with Crippen LogP contribution in [-0.4, -0.2) is 31.3 Å². The van der Waals surface area contributed by atoms with Crippen LogP contribution in [0.4, 0.5) is 0 Å². The third-order valence-electron chi connectivity index (χ3n) is 2.17. The summed E-state index contributed by atoms with van der Waals surface area (Å²) in [6, 6.07) is 0.775. The van der Waals surface area contributed by atoms with Crippen molar-refractivity contribution in [1.82, 2.24) is 4.72 Å². The molecule has 0 aromatic heterocycles. The van der Waals surface area contributed by atoms with Gasteiger partial charge in [-0.2, -0.15) is 5.26 Å². The highest BCUT2D eigenvalue weighted by molar-refractivity contribution is 7.89. The summed E-state index contributed by atoms with van der Waals surface area (Å²) in [7, 11) is -3.61. The van der Waals surface area contributed by atoms with E-state index in [1.165, 1.54) is 0 Å². The van der Waals surface area contributed by atoms with Crippen LogP contribution in [0.15, 0.2) is 0 Å². The third kappa shape index (κ3) is 7.71. The van der Waals surface area contributed by atoms with Crippen molar-refractivity contribution in [2.45, 2.75) is 45.1 Å². The third-order valence-corrected chi connectivity index (χ3v) is 3.64. The number of carbonyl (C=O) groups is 1. The highest BCUT2D eigenvalue weighted by Crippen LogP contribution is 2.04. The topological polar surface area (TPSA) is 107 Å². The fraction of sp³-hybridized carbons (Fsp3) is 0.800. The van der Waals surface area contributed by atoms with E-state index in [4.69, 9.17) is 10.4 Å². The molecular formula is C10H18N2O4S. The first-order chi connectivity index (χ1) is 7.93. The molecule has 0 saturated heterocycles. The fourth-order valence-corrected chi connectivity index (χ4v) is 2.55.